The highest BCUT2D eigenvalue weighted by atomic mass is 35.5. The van der Waals surface area contributed by atoms with Gasteiger partial charge in [-0.3, -0.25) is 9.59 Å². The summed E-state index contributed by atoms with van der Waals surface area (Å²) in [5, 5.41) is 4.36. The SMILES string of the molecule is CCC(C)(C)C1CCc2c(sc(NC(=O)/C=C/c3ccc(Cl)cc3Cl)c2C(N)=O)C1. The van der Waals surface area contributed by atoms with Crippen molar-refractivity contribution in [2.45, 2.75) is 46.5 Å². The molecule has 1 aromatic heterocycles. The monoisotopic (exact) mass is 464 g/mol. The van der Waals surface area contributed by atoms with E-state index in [9.17, 15) is 9.59 Å². The first-order valence-electron chi connectivity index (χ1n) is 10.0. The molecule has 1 atom stereocenters. The van der Waals surface area contributed by atoms with Crippen molar-refractivity contribution in [2.75, 3.05) is 5.32 Å². The van der Waals surface area contributed by atoms with Gasteiger partial charge in [-0.15, -0.1) is 11.3 Å². The standard InChI is InChI=1S/C23H26Cl2N2O2S/c1-4-23(2,3)14-7-9-16-18(11-14)30-22(20(16)21(26)29)27-19(28)10-6-13-5-8-15(24)12-17(13)25/h5-6,8,10,12,14H,4,7,9,11H2,1-3H3,(H2,26,29)(H,27,28)/b10-6+. The van der Waals surface area contributed by atoms with E-state index in [1.165, 1.54) is 17.4 Å². The number of thiophene rings is 1. The predicted octanol–water partition coefficient (Wildman–Crippen LogP) is 6.35. The summed E-state index contributed by atoms with van der Waals surface area (Å²) >= 11 is 13.5. The van der Waals surface area contributed by atoms with Gasteiger partial charge in [0.2, 0.25) is 5.91 Å². The summed E-state index contributed by atoms with van der Waals surface area (Å²) in [6, 6.07) is 5.06. The largest absolute Gasteiger partial charge is 0.365 e. The highest BCUT2D eigenvalue weighted by molar-refractivity contribution is 7.17. The molecule has 0 aliphatic heterocycles. The fraction of sp³-hybridized carbons (Fsp3) is 0.391. The van der Waals surface area contributed by atoms with Gasteiger partial charge in [0.05, 0.1) is 5.56 Å². The topological polar surface area (TPSA) is 72.2 Å². The second-order valence-electron chi connectivity index (χ2n) is 8.34. The summed E-state index contributed by atoms with van der Waals surface area (Å²) in [6.07, 6.45) is 6.85. The molecular formula is C23H26Cl2N2O2S. The third kappa shape index (κ3) is 4.90. The molecule has 2 aromatic rings. The molecule has 1 aliphatic carbocycles. The van der Waals surface area contributed by atoms with Crippen LogP contribution >= 0.6 is 34.5 Å². The summed E-state index contributed by atoms with van der Waals surface area (Å²) in [7, 11) is 0. The van der Waals surface area contributed by atoms with E-state index in [4.69, 9.17) is 28.9 Å². The molecule has 160 valence electrons. The second-order valence-corrected chi connectivity index (χ2v) is 10.3. The number of primary amides is 1. The third-order valence-electron chi connectivity index (χ3n) is 6.14. The fourth-order valence-electron chi connectivity index (χ4n) is 3.85. The fourth-order valence-corrected chi connectivity index (χ4v) is 5.65. The van der Waals surface area contributed by atoms with E-state index in [-0.39, 0.29) is 11.3 Å². The summed E-state index contributed by atoms with van der Waals surface area (Å²) in [6.45, 7) is 6.80. The minimum absolute atomic E-state index is 0.235. The summed E-state index contributed by atoms with van der Waals surface area (Å²) in [5.41, 5.74) is 8.04. The Labute approximate surface area is 191 Å². The second kappa shape index (κ2) is 9.13. The van der Waals surface area contributed by atoms with E-state index >= 15 is 0 Å². The summed E-state index contributed by atoms with van der Waals surface area (Å²) in [4.78, 5) is 25.8. The van der Waals surface area contributed by atoms with Crippen LogP contribution in [0.1, 0.15) is 60.0 Å². The Morgan fingerprint density at radius 2 is 2.07 bits per heavy atom. The summed E-state index contributed by atoms with van der Waals surface area (Å²) in [5.74, 6) is -0.293. The molecule has 0 fully saturated rings. The van der Waals surface area contributed by atoms with Gasteiger partial charge in [-0.2, -0.15) is 0 Å². The van der Waals surface area contributed by atoms with Gasteiger partial charge in [-0.25, -0.2) is 0 Å². The van der Waals surface area contributed by atoms with Crippen LogP contribution in [0.15, 0.2) is 24.3 Å². The van der Waals surface area contributed by atoms with Crippen molar-refractivity contribution in [3.05, 3.63) is 55.9 Å². The molecule has 30 heavy (non-hydrogen) atoms. The van der Waals surface area contributed by atoms with Crippen molar-refractivity contribution in [3.63, 3.8) is 0 Å². The first kappa shape index (κ1) is 22.9. The summed E-state index contributed by atoms with van der Waals surface area (Å²) < 4.78 is 0. The first-order chi connectivity index (χ1) is 14.1. The lowest BCUT2D eigenvalue weighted by atomic mass is 9.69. The van der Waals surface area contributed by atoms with Gasteiger partial charge in [-0.1, -0.05) is 56.5 Å². The lowest BCUT2D eigenvalue weighted by molar-refractivity contribution is -0.111. The maximum Gasteiger partial charge on any atom is 0.251 e. The molecule has 0 saturated heterocycles. The minimum atomic E-state index is -0.499. The number of rotatable bonds is 6. The van der Waals surface area contributed by atoms with Crippen LogP contribution in [0.5, 0.6) is 0 Å². The number of nitrogens with one attached hydrogen (secondary N) is 1. The van der Waals surface area contributed by atoms with Crippen LogP contribution in [0, 0.1) is 11.3 Å². The lowest BCUT2D eigenvalue weighted by Crippen LogP contribution is -2.29. The zero-order valence-electron chi connectivity index (χ0n) is 17.4. The Morgan fingerprint density at radius 3 is 2.70 bits per heavy atom. The van der Waals surface area contributed by atoms with Crippen LogP contribution in [0.25, 0.3) is 6.08 Å². The molecule has 0 bridgehead atoms. The number of carbonyl (C=O) groups excluding carboxylic acids is 2. The minimum Gasteiger partial charge on any atom is -0.365 e. The van der Waals surface area contributed by atoms with Crippen molar-refractivity contribution < 1.29 is 9.59 Å². The van der Waals surface area contributed by atoms with Gasteiger partial charge in [0.15, 0.2) is 0 Å². The van der Waals surface area contributed by atoms with E-state index < -0.39 is 5.91 Å². The van der Waals surface area contributed by atoms with Crippen LogP contribution in [0.2, 0.25) is 10.0 Å². The van der Waals surface area contributed by atoms with Crippen LogP contribution in [-0.2, 0) is 17.6 Å². The highest BCUT2D eigenvalue weighted by Gasteiger charge is 2.34. The van der Waals surface area contributed by atoms with Gasteiger partial charge in [-0.05, 0) is 59.9 Å². The number of amides is 2. The Bertz CT molecular complexity index is 1010. The highest BCUT2D eigenvalue weighted by Crippen LogP contribution is 2.45. The molecule has 1 heterocycles. The van der Waals surface area contributed by atoms with Gasteiger partial charge >= 0.3 is 0 Å². The third-order valence-corrected chi connectivity index (χ3v) is 7.87. The van der Waals surface area contributed by atoms with E-state index in [2.05, 4.69) is 26.1 Å². The van der Waals surface area contributed by atoms with Crippen LogP contribution in [-0.4, -0.2) is 11.8 Å². The molecule has 1 unspecified atom stereocenters. The molecule has 1 aromatic carbocycles. The smallest absolute Gasteiger partial charge is 0.251 e. The van der Waals surface area contributed by atoms with Crippen LogP contribution < -0.4 is 11.1 Å². The molecule has 0 radical (unpaired) electrons. The van der Waals surface area contributed by atoms with Crippen molar-refractivity contribution in [2.24, 2.45) is 17.1 Å². The van der Waals surface area contributed by atoms with Crippen molar-refractivity contribution >= 4 is 57.4 Å². The molecule has 2 amide bonds. The lowest BCUT2D eigenvalue weighted by Gasteiger charge is -2.36. The molecular weight excluding hydrogens is 439 g/mol. The average Bonchev–Trinajstić information content (AvgIpc) is 3.04. The quantitative estimate of drug-likeness (QED) is 0.488. The maximum atomic E-state index is 12.5. The Morgan fingerprint density at radius 1 is 1.33 bits per heavy atom. The van der Waals surface area contributed by atoms with Gasteiger partial charge in [0.1, 0.15) is 5.00 Å². The number of carbonyl (C=O) groups is 2. The maximum absolute atomic E-state index is 12.5. The van der Waals surface area contributed by atoms with E-state index in [1.54, 1.807) is 24.3 Å². The number of nitrogens with two attached hydrogens (primary N) is 1. The number of hydrogen-bond donors (Lipinski definition) is 2. The van der Waals surface area contributed by atoms with Gasteiger partial charge in [0, 0.05) is 21.0 Å². The normalized spacial score (nSPS) is 16.5. The number of hydrogen-bond acceptors (Lipinski definition) is 3. The zero-order valence-corrected chi connectivity index (χ0v) is 19.7. The molecule has 4 nitrogen and oxygen atoms in total. The molecule has 7 heteroatoms. The first-order valence-corrected chi connectivity index (χ1v) is 11.6. The van der Waals surface area contributed by atoms with Crippen LogP contribution in [0.4, 0.5) is 5.00 Å². The number of anilines is 1. The molecule has 1 aliphatic rings. The van der Waals surface area contributed by atoms with Gasteiger partial charge < -0.3 is 11.1 Å². The van der Waals surface area contributed by atoms with E-state index in [1.807, 2.05) is 0 Å². The van der Waals surface area contributed by atoms with Crippen molar-refractivity contribution in [1.29, 1.82) is 0 Å². The predicted molar refractivity (Wildman–Crippen MR) is 127 cm³/mol. The number of benzene rings is 1. The Balaban J connectivity index is 1.82. The van der Waals surface area contributed by atoms with E-state index in [0.29, 0.717) is 32.1 Å². The molecule has 3 rings (SSSR count). The molecule has 0 saturated carbocycles. The average molecular weight is 465 g/mol. The Kier molecular flexibility index (Phi) is 6.95. The molecule has 3 N–H and O–H groups in total. The number of halogens is 2. The van der Waals surface area contributed by atoms with Gasteiger partial charge in [0.25, 0.3) is 5.91 Å². The molecule has 0 spiro atoms. The Hall–Kier alpha value is -1.82. The van der Waals surface area contributed by atoms with E-state index in [0.717, 1.165) is 36.1 Å². The van der Waals surface area contributed by atoms with Crippen LogP contribution in [0.3, 0.4) is 0 Å². The van der Waals surface area contributed by atoms with Crippen molar-refractivity contribution in [1.82, 2.24) is 0 Å². The number of fused-ring (bicyclic) bond motifs is 1. The zero-order chi connectivity index (χ0) is 22.1. The van der Waals surface area contributed by atoms with Crippen molar-refractivity contribution in [3.8, 4) is 0 Å².